The van der Waals surface area contributed by atoms with E-state index in [1.165, 1.54) is 36.0 Å². The van der Waals surface area contributed by atoms with Crippen molar-refractivity contribution in [1.29, 1.82) is 0 Å². The van der Waals surface area contributed by atoms with Crippen molar-refractivity contribution in [2.45, 2.75) is 63.5 Å². The van der Waals surface area contributed by atoms with Gasteiger partial charge in [-0.15, -0.1) is 0 Å². The minimum atomic E-state index is 0.0735. The third kappa shape index (κ3) is 3.48. The Kier molecular flexibility index (Phi) is 4.91. The first kappa shape index (κ1) is 18.5. The lowest BCUT2D eigenvalue weighted by atomic mass is 9.76. The van der Waals surface area contributed by atoms with Gasteiger partial charge in [-0.05, 0) is 49.3 Å². The number of benzene rings is 2. The average molecular weight is 387 g/mol. The Morgan fingerprint density at radius 2 is 1.83 bits per heavy atom. The van der Waals surface area contributed by atoms with Crippen LogP contribution in [0.1, 0.15) is 77.5 Å². The van der Waals surface area contributed by atoms with Crippen LogP contribution in [0.25, 0.3) is 0 Å². The summed E-state index contributed by atoms with van der Waals surface area (Å²) in [6.45, 7) is 2.13. The minimum absolute atomic E-state index is 0.0735. The number of anilines is 1. The lowest BCUT2D eigenvalue weighted by Crippen LogP contribution is -2.37. The molecule has 1 amide bonds. The SMILES string of the molecule is Cc1ccc(C2Nc3c(C(=O)NC4CCCCC4)cccc3C3C=CCC32)cc1. The van der Waals surface area contributed by atoms with E-state index in [9.17, 15) is 4.79 Å². The van der Waals surface area contributed by atoms with E-state index in [0.29, 0.717) is 17.9 Å². The molecule has 3 nitrogen and oxygen atoms in total. The predicted molar refractivity (Wildman–Crippen MR) is 118 cm³/mol. The first-order valence-corrected chi connectivity index (χ1v) is 11.1. The summed E-state index contributed by atoms with van der Waals surface area (Å²) in [5, 5.41) is 7.10. The number of nitrogens with one attached hydrogen (secondary N) is 2. The number of amides is 1. The van der Waals surface area contributed by atoms with Crippen LogP contribution < -0.4 is 10.6 Å². The van der Waals surface area contributed by atoms with Crippen molar-refractivity contribution in [3.63, 3.8) is 0 Å². The normalized spacial score (nSPS) is 25.8. The molecule has 2 aromatic rings. The fraction of sp³-hybridized carbons (Fsp3) is 0.423. The van der Waals surface area contributed by atoms with Crippen LogP contribution in [0.5, 0.6) is 0 Å². The number of aryl methyl sites for hydroxylation is 1. The highest BCUT2D eigenvalue weighted by atomic mass is 16.1. The molecule has 0 saturated heterocycles. The van der Waals surface area contributed by atoms with E-state index in [2.05, 4.69) is 60.0 Å². The van der Waals surface area contributed by atoms with Crippen LogP contribution in [0.4, 0.5) is 5.69 Å². The molecular weight excluding hydrogens is 356 g/mol. The van der Waals surface area contributed by atoms with Gasteiger partial charge in [0.25, 0.3) is 5.91 Å². The number of fused-ring (bicyclic) bond motifs is 3. The fourth-order valence-electron chi connectivity index (χ4n) is 5.42. The molecule has 29 heavy (non-hydrogen) atoms. The van der Waals surface area contributed by atoms with Gasteiger partial charge in [0, 0.05) is 12.0 Å². The van der Waals surface area contributed by atoms with E-state index in [1.807, 2.05) is 12.1 Å². The summed E-state index contributed by atoms with van der Waals surface area (Å²) in [4.78, 5) is 13.2. The highest BCUT2D eigenvalue weighted by Crippen LogP contribution is 2.50. The summed E-state index contributed by atoms with van der Waals surface area (Å²) < 4.78 is 0. The molecule has 0 radical (unpaired) electrons. The molecule has 3 aliphatic rings. The Balaban J connectivity index is 1.48. The highest BCUT2D eigenvalue weighted by molar-refractivity contribution is 6.01. The summed E-state index contributed by atoms with van der Waals surface area (Å²) >= 11 is 0. The molecule has 150 valence electrons. The molecule has 0 spiro atoms. The molecule has 1 heterocycles. The van der Waals surface area contributed by atoms with E-state index in [-0.39, 0.29) is 11.9 Å². The van der Waals surface area contributed by atoms with Crippen molar-refractivity contribution in [1.82, 2.24) is 5.32 Å². The van der Waals surface area contributed by atoms with Crippen LogP contribution in [0.15, 0.2) is 54.6 Å². The molecule has 2 aliphatic carbocycles. The second kappa shape index (κ2) is 7.70. The smallest absolute Gasteiger partial charge is 0.253 e. The molecule has 3 atom stereocenters. The van der Waals surface area contributed by atoms with Gasteiger partial charge in [0.05, 0.1) is 17.3 Å². The highest BCUT2D eigenvalue weighted by Gasteiger charge is 2.39. The Labute approximate surface area is 173 Å². The van der Waals surface area contributed by atoms with Gasteiger partial charge >= 0.3 is 0 Å². The van der Waals surface area contributed by atoms with Gasteiger partial charge in [-0.25, -0.2) is 0 Å². The lowest BCUT2D eigenvalue weighted by molar-refractivity contribution is 0.0928. The van der Waals surface area contributed by atoms with Crippen molar-refractivity contribution in [2.24, 2.45) is 5.92 Å². The van der Waals surface area contributed by atoms with E-state index in [4.69, 9.17) is 0 Å². The fourth-order valence-corrected chi connectivity index (χ4v) is 5.42. The summed E-state index contributed by atoms with van der Waals surface area (Å²) in [5.74, 6) is 0.950. The maximum absolute atomic E-state index is 13.2. The monoisotopic (exact) mass is 386 g/mol. The molecule has 1 aliphatic heterocycles. The van der Waals surface area contributed by atoms with Crippen molar-refractivity contribution in [2.75, 3.05) is 5.32 Å². The molecule has 0 bridgehead atoms. The predicted octanol–water partition coefficient (Wildman–Crippen LogP) is 5.88. The Morgan fingerprint density at radius 3 is 2.62 bits per heavy atom. The molecule has 3 heteroatoms. The van der Waals surface area contributed by atoms with E-state index in [1.54, 1.807) is 0 Å². The number of carbonyl (C=O) groups is 1. The number of para-hydroxylation sites is 1. The Bertz CT molecular complexity index is 924. The number of hydrogen-bond donors (Lipinski definition) is 2. The van der Waals surface area contributed by atoms with Crippen LogP contribution in [-0.4, -0.2) is 11.9 Å². The summed E-state index contributed by atoms with van der Waals surface area (Å²) in [5.41, 5.74) is 5.67. The molecule has 1 fully saturated rings. The van der Waals surface area contributed by atoms with Crippen LogP contribution in [0.3, 0.4) is 0 Å². The van der Waals surface area contributed by atoms with Gasteiger partial charge in [-0.1, -0.05) is 73.4 Å². The molecule has 5 rings (SSSR count). The van der Waals surface area contributed by atoms with Crippen molar-refractivity contribution >= 4 is 11.6 Å². The minimum Gasteiger partial charge on any atom is -0.377 e. The van der Waals surface area contributed by atoms with Crippen molar-refractivity contribution in [3.05, 3.63) is 76.9 Å². The van der Waals surface area contributed by atoms with Gasteiger partial charge in [0.1, 0.15) is 0 Å². The van der Waals surface area contributed by atoms with Crippen LogP contribution in [-0.2, 0) is 0 Å². The van der Waals surface area contributed by atoms with Gasteiger partial charge in [-0.2, -0.15) is 0 Å². The van der Waals surface area contributed by atoms with Crippen LogP contribution in [0.2, 0.25) is 0 Å². The lowest BCUT2D eigenvalue weighted by Gasteiger charge is -2.38. The summed E-state index contributed by atoms with van der Waals surface area (Å²) in [6, 6.07) is 15.6. The summed E-state index contributed by atoms with van der Waals surface area (Å²) in [7, 11) is 0. The zero-order valence-corrected chi connectivity index (χ0v) is 17.2. The van der Waals surface area contributed by atoms with Crippen LogP contribution in [0, 0.1) is 12.8 Å². The van der Waals surface area contributed by atoms with Crippen molar-refractivity contribution in [3.8, 4) is 0 Å². The summed E-state index contributed by atoms with van der Waals surface area (Å²) in [6.07, 6.45) is 11.7. The number of carbonyl (C=O) groups excluding carboxylic acids is 1. The Hall–Kier alpha value is -2.55. The van der Waals surface area contributed by atoms with E-state index in [0.717, 1.165) is 30.5 Å². The molecular formula is C26H30N2O. The van der Waals surface area contributed by atoms with Crippen LogP contribution >= 0.6 is 0 Å². The van der Waals surface area contributed by atoms with Gasteiger partial charge < -0.3 is 10.6 Å². The third-order valence-electron chi connectivity index (χ3n) is 7.02. The first-order chi connectivity index (χ1) is 14.2. The molecule has 0 aromatic heterocycles. The quantitative estimate of drug-likeness (QED) is 0.646. The van der Waals surface area contributed by atoms with E-state index < -0.39 is 0 Å². The number of allylic oxidation sites excluding steroid dienone is 2. The molecule has 2 N–H and O–H groups in total. The maximum atomic E-state index is 13.2. The van der Waals surface area contributed by atoms with Gasteiger partial charge in [-0.3, -0.25) is 4.79 Å². The molecule has 3 unspecified atom stereocenters. The molecule has 2 aromatic carbocycles. The van der Waals surface area contributed by atoms with Gasteiger partial charge in [0.15, 0.2) is 0 Å². The zero-order valence-electron chi connectivity index (χ0n) is 17.2. The first-order valence-electron chi connectivity index (χ1n) is 11.1. The second-order valence-electron chi connectivity index (χ2n) is 8.96. The topological polar surface area (TPSA) is 41.1 Å². The maximum Gasteiger partial charge on any atom is 0.253 e. The van der Waals surface area contributed by atoms with E-state index >= 15 is 0 Å². The Morgan fingerprint density at radius 1 is 1.03 bits per heavy atom. The second-order valence-corrected chi connectivity index (χ2v) is 8.96. The number of hydrogen-bond acceptors (Lipinski definition) is 2. The average Bonchev–Trinajstić information content (AvgIpc) is 3.24. The zero-order chi connectivity index (χ0) is 19.8. The largest absolute Gasteiger partial charge is 0.377 e. The number of rotatable bonds is 3. The third-order valence-corrected chi connectivity index (χ3v) is 7.02. The molecule has 1 saturated carbocycles. The standard InChI is InChI=1S/C26H30N2O/c1-17-13-15-18(16-14-17)24-21-10-5-9-20(21)22-11-6-12-23(25(22)28-24)26(29)27-19-7-3-2-4-8-19/h5-6,9,11-16,19-21,24,28H,2-4,7-8,10H2,1H3,(H,27,29). The van der Waals surface area contributed by atoms with Gasteiger partial charge in [0.2, 0.25) is 0 Å². The van der Waals surface area contributed by atoms with Crippen molar-refractivity contribution < 1.29 is 4.79 Å².